The lowest BCUT2D eigenvalue weighted by molar-refractivity contribution is 0.0954. The summed E-state index contributed by atoms with van der Waals surface area (Å²) in [5, 5.41) is 5.68. The molecule has 0 aliphatic rings. The molecule has 1 rings (SSSR count). The van der Waals surface area contributed by atoms with Gasteiger partial charge < -0.3 is 10.6 Å². The number of hydrogen-bond donors (Lipinski definition) is 2. The lowest BCUT2D eigenvalue weighted by atomic mass is 10.1. The lowest BCUT2D eigenvalue weighted by Crippen LogP contribution is -2.32. The van der Waals surface area contributed by atoms with E-state index in [-0.39, 0.29) is 10.8 Å². The Kier molecular flexibility index (Phi) is 6.99. The summed E-state index contributed by atoms with van der Waals surface area (Å²) in [6.45, 7) is 7.27. The Morgan fingerprint density at radius 3 is 2.36 bits per heavy atom. The van der Waals surface area contributed by atoms with E-state index in [1.54, 1.807) is 40.0 Å². The quantitative estimate of drug-likeness (QED) is 0.698. The van der Waals surface area contributed by atoms with Crippen LogP contribution in [0.3, 0.4) is 0 Å². The molecule has 1 amide bonds. The molecule has 0 unspecified atom stereocenters. The van der Waals surface area contributed by atoms with Crippen LogP contribution in [0.25, 0.3) is 0 Å². The van der Waals surface area contributed by atoms with E-state index in [0.717, 1.165) is 0 Å². The molecule has 0 heterocycles. The third-order valence-electron chi connectivity index (χ3n) is 3.43. The first-order chi connectivity index (χ1) is 10.4. The zero-order chi connectivity index (χ0) is 16.8. The molecule has 0 radical (unpaired) electrons. The van der Waals surface area contributed by atoms with E-state index in [0.29, 0.717) is 37.3 Å². The molecule has 1 aromatic carbocycles. The number of nitrogens with one attached hydrogen (secondary N) is 2. The number of carbonyl (C=O) groups is 1. The van der Waals surface area contributed by atoms with E-state index in [4.69, 9.17) is 0 Å². The molecule has 0 fully saturated rings. The van der Waals surface area contributed by atoms with Gasteiger partial charge in [-0.25, -0.2) is 8.42 Å². The Morgan fingerprint density at radius 1 is 1.18 bits per heavy atom. The van der Waals surface area contributed by atoms with Gasteiger partial charge in [-0.2, -0.15) is 4.31 Å². The molecule has 0 saturated heterocycles. The first-order valence-corrected chi connectivity index (χ1v) is 8.86. The number of rotatable bonds is 8. The van der Waals surface area contributed by atoms with Crippen LogP contribution in [0.4, 0.5) is 0 Å². The lowest BCUT2D eigenvalue weighted by Gasteiger charge is -2.20. The van der Waals surface area contributed by atoms with Gasteiger partial charge in [-0.15, -0.1) is 0 Å². The average Bonchev–Trinajstić information content (AvgIpc) is 2.48. The third kappa shape index (κ3) is 4.28. The van der Waals surface area contributed by atoms with Crippen LogP contribution in [0.1, 0.15) is 29.8 Å². The van der Waals surface area contributed by atoms with Crippen LogP contribution in [0, 0.1) is 6.92 Å². The van der Waals surface area contributed by atoms with Crippen LogP contribution in [0.2, 0.25) is 0 Å². The molecular weight excluding hydrogens is 302 g/mol. The summed E-state index contributed by atoms with van der Waals surface area (Å²) in [5.41, 5.74) is 0.992. The van der Waals surface area contributed by atoms with E-state index in [1.165, 1.54) is 10.4 Å². The molecule has 0 bridgehead atoms. The normalized spacial score (nSPS) is 11.7. The molecule has 6 nitrogen and oxygen atoms in total. The van der Waals surface area contributed by atoms with Crippen LogP contribution >= 0.6 is 0 Å². The molecule has 124 valence electrons. The van der Waals surface area contributed by atoms with Gasteiger partial charge in [-0.1, -0.05) is 19.9 Å². The minimum absolute atomic E-state index is 0.192. The van der Waals surface area contributed by atoms with Crippen molar-refractivity contribution in [2.24, 2.45) is 0 Å². The third-order valence-corrected chi connectivity index (χ3v) is 5.63. The summed E-state index contributed by atoms with van der Waals surface area (Å²) in [5.74, 6) is -0.272. The molecule has 0 saturated carbocycles. The van der Waals surface area contributed by atoms with Crippen LogP contribution < -0.4 is 10.6 Å². The van der Waals surface area contributed by atoms with Gasteiger partial charge in [-0.05, 0) is 31.7 Å². The summed E-state index contributed by atoms with van der Waals surface area (Å²) in [6.07, 6.45) is 0. The number of aryl methyl sites for hydroxylation is 1. The van der Waals surface area contributed by atoms with Gasteiger partial charge in [0.15, 0.2) is 0 Å². The molecule has 0 atom stereocenters. The highest BCUT2D eigenvalue weighted by Crippen LogP contribution is 2.21. The van der Waals surface area contributed by atoms with Gasteiger partial charge in [0.1, 0.15) is 0 Å². The maximum absolute atomic E-state index is 12.6. The first kappa shape index (κ1) is 18.6. The number of hydrogen-bond acceptors (Lipinski definition) is 4. The van der Waals surface area contributed by atoms with Crippen molar-refractivity contribution in [2.45, 2.75) is 25.7 Å². The smallest absolute Gasteiger partial charge is 0.251 e. The van der Waals surface area contributed by atoms with Crippen molar-refractivity contribution in [3.63, 3.8) is 0 Å². The highest BCUT2D eigenvalue weighted by atomic mass is 32.2. The van der Waals surface area contributed by atoms with E-state index < -0.39 is 10.0 Å². The SMILES string of the molecule is CCN(CC)S(=O)(=O)c1cc(C(=O)NCCNC)ccc1C. The van der Waals surface area contributed by atoms with Gasteiger partial charge >= 0.3 is 0 Å². The highest BCUT2D eigenvalue weighted by Gasteiger charge is 2.24. The summed E-state index contributed by atoms with van der Waals surface area (Å²) in [4.78, 5) is 12.3. The van der Waals surface area contributed by atoms with Crippen LogP contribution in [0.15, 0.2) is 23.1 Å². The second-order valence-electron chi connectivity index (χ2n) is 4.93. The van der Waals surface area contributed by atoms with Crippen LogP contribution in [0.5, 0.6) is 0 Å². The number of amides is 1. The van der Waals surface area contributed by atoms with Crippen molar-refractivity contribution < 1.29 is 13.2 Å². The Morgan fingerprint density at radius 2 is 1.82 bits per heavy atom. The monoisotopic (exact) mass is 327 g/mol. The standard InChI is InChI=1S/C15H25N3O3S/c1-5-18(6-2)22(20,21)14-11-13(8-7-12(14)3)15(19)17-10-9-16-4/h7-8,11,16H,5-6,9-10H2,1-4H3,(H,17,19). The van der Waals surface area contributed by atoms with Crippen LogP contribution in [-0.4, -0.2) is 51.9 Å². The van der Waals surface area contributed by atoms with Gasteiger partial charge in [0, 0.05) is 31.7 Å². The summed E-state index contributed by atoms with van der Waals surface area (Å²) in [6, 6.07) is 4.77. The molecule has 1 aromatic rings. The molecule has 0 aliphatic carbocycles. The fourth-order valence-corrected chi connectivity index (χ4v) is 3.83. The molecule has 0 aliphatic heterocycles. The molecular formula is C15H25N3O3S. The molecule has 0 spiro atoms. The Hall–Kier alpha value is -1.44. The van der Waals surface area contributed by atoms with Crippen LogP contribution in [-0.2, 0) is 10.0 Å². The number of benzene rings is 1. The minimum Gasteiger partial charge on any atom is -0.351 e. The van der Waals surface area contributed by atoms with Crippen molar-refractivity contribution in [2.75, 3.05) is 33.2 Å². The average molecular weight is 327 g/mol. The van der Waals surface area contributed by atoms with E-state index >= 15 is 0 Å². The first-order valence-electron chi connectivity index (χ1n) is 7.42. The van der Waals surface area contributed by atoms with Crippen molar-refractivity contribution >= 4 is 15.9 Å². The minimum atomic E-state index is -3.57. The second-order valence-corrected chi connectivity index (χ2v) is 6.84. The number of carbonyl (C=O) groups excluding carboxylic acids is 1. The maximum atomic E-state index is 12.6. The second kappa shape index (κ2) is 8.26. The molecule has 7 heteroatoms. The van der Waals surface area contributed by atoms with Crippen molar-refractivity contribution in [3.8, 4) is 0 Å². The molecule has 0 aromatic heterocycles. The fraction of sp³-hybridized carbons (Fsp3) is 0.533. The van der Waals surface area contributed by atoms with E-state index in [2.05, 4.69) is 10.6 Å². The van der Waals surface area contributed by atoms with E-state index in [1.807, 2.05) is 0 Å². The Labute approximate surface area is 132 Å². The van der Waals surface area contributed by atoms with Gasteiger partial charge in [0.25, 0.3) is 5.91 Å². The zero-order valence-corrected chi connectivity index (χ0v) is 14.5. The van der Waals surface area contributed by atoms with Gasteiger partial charge in [-0.3, -0.25) is 4.79 Å². The number of nitrogens with zero attached hydrogens (tertiary/aromatic N) is 1. The van der Waals surface area contributed by atoms with Gasteiger partial charge in [0.05, 0.1) is 4.90 Å². The zero-order valence-electron chi connectivity index (χ0n) is 13.6. The molecule has 2 N–H and O–H groups in total. The highest BCUT2D eigenvalue weighted by molar-refractivity contribution is 7.89. The van der Waals surface area contributed by atoms with Crippen molar-refractivity contribution in [1.82, 2.24) is 14.9 Å². The fourth-order valence-electron chi connectivity index (χ4n) is 2.12. The Balaban J connectivity index is 3.12. The predicted molar refractivity (Wildman–Crippen MR) is 87.5 cm³/mol. The van der Waals surface area contributed by atoms with Crippen molar-refractivity contribution in [1.29, 1.82) is 0 Å². The van der Waals surface area contributed by atoms with Gasteiger partial charge in [0.2, 0.25) is 10.0 Å². The van der Waals surface area contributed by atoms with E-state index in [9.17, 15) is 13.2 Å². The Bertz CT molecular complexity index is 610. The molecule has 22 heavy (non-hydrogen) atoms. The summed E-state index contributed by atoms with van der Waals surface area (Å²) >= 11 is 0. The maximum Gasteiger partial charge on any atom is 0.251 e. The number of sulfonamides is 1. The summed E-state index contributed by atoms with van der Waals surface area (Å²) in [7, 11) is -1.77. The topological polar surface area (TPSA) is 78.5 Å². The predicted octanol–water partition coefficient (Wildman–Crippen LogP) is 0.975. The number of likely N-dealkylation sites (N-methyl/N-ethyl adjacent to an activating group) is 1. The summed E-state index contributed by atoms with van der Waals surface area (Å²) < 4.78 is 26.7. The largest absolute Gasteiger partial charge is 0.351 e. The van der Waals surface area contributed by atoms with Crippen molar-refractivity contribution in [3.05, 3.63) is 29.3 Å².